The Labute approximate surface area is 173 Å². The van der Waals surface area contributed by atoms with Gasteiger partial charge in [-0.3, -0.25) is 9.55 Å². The highest BCUT2D eigenvalue weighted by molar-refractivity contribution is 6.31. The lowest BCUT2D eigenvalue weighted by molar-refractivity contribution is 0.795. The quantitative estimate of drug-likeness (QED) is 0.511. The number of anilines is 1. The molecule has 142 valence electrons. The van der Waals surface area contributed by atoms with Gasteiger partial charge in [0.15, 0.2) is 0 Å². The lowest BCUT2D eigenvalue weighted by atomic mass is 10.0. The summed E-state index contributed by atoms with van der Waals surface area (Å²) in [6, 6.07) is 19.9. The van der Waals surface area contributed by atoms with Crippen molar-refractivity contribution in [3.63, 3.8) is 0 Å². The van der Waals surface area contributed by atoms with Gasteiger partial charge in [-0.2, -0.15) is 5.10 Å². The Morgan fingerprint density at radius 1 is 0.931 bits per heavy atom. The number of pyridine rings is 1. The molecular formula is C22H17ClN6. The van der Waals surface area contributed by atoms with Crippen LogP contribution in [0.5, 0.6) is 0 Å². The molecule has 7 heteroatoms. The molecule has 2 aromatic carbocycles. The summed E-state index contributed by atoms with van der Waals surface area (Å²) in [5, 5.41) is 16.3. The number of halogens is 1. The Morgan fingerprint density at radius 3 is 2.52 bits per heavy atom. The van der Waals surface area contributed by atoms with Crippen molar-refractivity contribution in [3.8, 4) is 5.69 Å². The maximum absolute atomic E-state index is 6.37. The number of aryl methyl sites for hydroxylation is 1. The summed E-state index contributed by atoms with van der Waals surface area (Å²) in [4.78, 5) is 4.11. The number of hydrogen-bond acceptors (Lipinski definition) is 5. The van der Waals surface area contributed by atoms with Crippen molar-refractivity contribution in [1.29, 1.82) is 0 Å². The molecule has 0 fully saturated rings. The normalized spacial score (nSPS) is 12.8. The second kappa shape index (κ2) is 7.14. The average molecular weight is 401 g/mol. The van der Waals surface area contributed by atoms with Crippen molar-refractivity contribution in [1.82, 2.24) is 19.7 Å². The van der Waals surface area contributed by atoms with Crippen molar-refractivity contribution in [2.24, 2.45) is 5.10 Å². The van der Waals surface area contributed by atoms with Gasteiger partial charge in [-0.25, -0.2) is 5.01 Å². The van der Waals surface area contributed by atoms with E-state index in [0.717, 1.165) is 33.9 Å². The fourth-order valence-electron chi connectivity index (χ4n) is 3.49. The van der Waals surface area contributed by atoms with E-state index in [9.17, 15) is 0 Å². The van der Waals surface area contributed by atoms with Crippen LogP contribution in [0, 0.1) is 6.92 Å². The second-order valence-electron chi connectivity index (χ2n) is 6.77. The van der Waals surface area contributed by atoms with Gasteiger partial charge in [0.2, 0.25) is 0 Å². The Hall–Kier alpha value is -3.51. The molecule has 1 aliphatic rings. The van der Waals surface area contributed by atoms with Crippen LogP contribution in [0.4, 0.5) is 5.95 Å². The van der Waals surface area contributed by atoms with Crippen LogP contribution < -0.4 is 5.01 Å². The van der Waals surface area contributed by atoms with Gasteiger partial charge in [0.25, 0.3) is 5.95 Å². The Balaban J connectivity index is 1.76. The Morgan fingerprint density at radius 2 is 1.72 bits per heavy atom. The minimum Gasteiger partial charge on any atom is -0.265 e. The highest BCUT2D eigenvalue weighted by atomic mass is 35.5. The zero-order chi connectivity index (χ0) is 19.8. The number of benzene rings is 2. The highest BCUT2D eigenvalue weighted by Gasteiger charge is 2.26. The van der Waals surface area contributed by atoms with E-state index in [4.69, 9.17) is 16.7 Å². The smallest absolute Gasteiger partial charge is 0.252 e. The van der Waals surface area contributed by atoms with Crippen LogP contribution in [0.2, 0.25) is 5.02 Å². The molecule has 4 aromatic rings. The SMILES string of the molecule is Cc1nnc2n1-c1ccc(Cl)cc1C(c1ccccc1)=NN2Cc1ccncc1. The van der Waals surface area contributed by atoms with Crippen LogP contribution in [0.1, 0.15) is 22.5 Å². The first-order chi connectivity index (χ1) is 14.2. The van der Waals surface area contributed by atoms with E-state index in [0.29, 0.717) is 17.5 Å². The van der Waals surface area contributed by atoms with Crippen molar-refractivity contribution in [2.75, 3.05) is 5.01 Å². The summed E-state index contributed by atoms with van der Waals surface area (Å²) >= 11 is 6.37. The summed E-state index contributed by atoms with van der Waals surface area (Å²) in [5.41, 5.74) is 4.80. The maximum Gasteiger partial charge on any atom is 0.252 e. The van der Waals surface area contributed by atoms with Crippen LogP contribution in [0.3, 0.4) is 0 Å². The van der Waals surface area contributed by atoms with E-state index >= 15 is 0 Å². The third-order valence-electron chi connectivity index (χ3n) is 4.84. The average Bonchev–Trinajstić information content (AvgIpc) is 3.07. The molecule has 29 heavy (non-hydrogen) atoms. The molecule has 5 rings (SSSR count). The zero-order valence-corrected chi connectivity index (χ0v) is 16.5. The molecule has 0 aliphatic carbocycles. The molecule has 3 heterocycles. The number of rotatable bonds is 3. The zero-order valence-electron chi connectivity index (χ0n) is 15.7. The van der Waals surface area contributed by atoms with Gasteiger partial charge in [-0.1, -0.05) is 41.9 Å². The van der Waals surface area contributed by atoms with Crippen molar-refractivity contribution < 1.29 is 0 Å². The summed E-state index contributed by atoms with van der Waals surface area (Å²) in [6.45, 7) is 2.48. The Kier molecular flexibility index (Phi) is 4.33. The van der Waals surface area contributed by atoms with E-state index in [1.54, 1.807) is 12.4 Å². The van der Waals surface area contributed by atoms with Gasteiger partial charge in [0, 0.05) is 28.5 Å². The first-order valence-corrected chi connectivity index (χ1v) is 9.61. The van der Waals surface area contributed by atoms with E-state index in [1.807, 2.05) is 77.2 Å². The molecule has 2 aromatic heterocycles. The predicted molar refractivity (Wildman–Crippen MR) is 114 cm³/mol. The van der Waals surface area contributed by atoms with Gasteiger partial charge >= 0.3 is 0 Å². The van der Waals surface area contributed by atoms with Crippen LogP contribution >= 0.6 is 11.6 Å². The molecule has 0 radical (unpaired) electrons. The lowest BCUT2D eigenvalue weighted by Gasteiger charge is -2.17. The summed E-state index contributed by atoms with van der Waals surface area (Å²) in [7, 11) is 0. The van der Waals surface area contributed by atoms with Crippen LogP contribution in [0.15, 0.2) is 78.2 Å². The molecule has 0 saturated carbocycles. The molecule has 0 saturated heterocycles. The maximum atomic E-state index is 6.37. The van der Waals surface area contributed by atoms with Crippen molar-refractivity contribution >= 4 is 23.3 Å². The molecule has 0 N–H and O–H groups in total. The number of nitrogens with zero attached hydrogens (tertiary/aromatic N) is 6. The van der Waals surface area contributed by atoms with Crippen LogP contribution in [-0.4, -0.2) is 25.5 Å². The number of fused-ring (bicyclic) bond motifs is 3. The highest BCUT2D eigenvalue weighted by Crippen LogP contribution is 2.32. The van der Waals surface area contributed by atoms with Crippen LogP contribution in [0.25, 0.3) is 5.69 Å². The third-order valence-corrected chi connectivity index (χ3v) is 5.08. The number of hydrogen-bond donors (Lipinski definition) is 0. The molecule has 0 amide bonds. The first kappa shape index (κ1) is 17.6. The predicted octanol–water partition coefficient (Wildman–Crippen LogP) is 4.40. The van der Waals surface area contributed by atoms with Crippen LogP contribution in [-0.2, 0) is 6.54 Å². The summed E-state index contributed by atoms with van der Waals surface area (Å²) in [6.07, 6.45) is 3.55. The molecule has 0 atom stereocenters. The minimum atomic E-state index is 0.540. The van der Waals surface area contributed by atoms with Gasteiger partial charge < -0.3 is 0 Å². The summed E-state index contributed by atoms with van der Waals surface area (Å²) in [5.74, 6) is 1.45. The lowest BCUT2D eigenvalue weighted by Crippen LogP contribution is -2.20. The van der Waals surface area contributed by atoms with Gasteiger partial charge in [0.1, 0.15) is 11.5 Å². The molecule has 6 nitrogen and oxygen atoms in total. The molecular weight excluding hydrogens is 384 g/mol. The second-order valence-corrected chi connectivity index (χ2v) is 7.21. The number of aromatic nitrogens is 4. The van der Waals surface area contributed by atoms with Gasteiger partial charge in [-0.05, 0) is 42.8 Å². The van der Waals surface area contributed by atoms with Gasteiger partial charge in [-0.15, -0.1) is 10.2 Å². The third kappa shape index (κ3) is 3.17. The first-order valence-electron chi connectivity index (χ1n) is 9.23. The molecule has 0 spiro atoms. The molecule has 0 bridgehead atoms. The molecule has 0 unspecified atom stereocenters. The fraction of sp³-hybridized carbons (Fsp3) is 0.0909. The molecule has 1 aliphatic heterocycles. The standard InChI is InChI=1S/C22H17ClN6/c1-15-25-26-22-28(14-16-9-11-24-12-10-16)27-21(17-5-3-2-4-6-17)19-13-18(23)7-8-20(19)29(15)22/h2-13H,14H2,1H3. The van der Waals surface area contributed by atoms with E-state index in [1.165, 1.54) is 0 Å². The minimum absolute atomic E-state index is 0.540. The van der Waals surface area contributed by atoms with E-state index < -0.39 is 0 Å². The van der Waals surface area contributed by atoms with Gasteiger partial charge in [0.05, 0.1) is 12.2 Å². The van der Waals surface area contributed by atoms with E-state index in [-0.39, 0.29) is 0 Å². The topological polar surface area (TPSA) is 59.2 Å². The Bertz CT molecular complexity index is 1200. The van der Waals surface area contributed by atoms with Crippen molar-refractivity contribution in [2.45, 2.75) is 13.5 Å². The summed E-state index contributed by atoms with van der Waals surface area (Å²) < 4.78 is 2.02. The monoisotopic (exact) mass is 400 g/mol. The largest absolute Gasteiger partial charge is 0.265 e. The van der Waals surface area contributed by atoms with E-state index in [2.05, 4.69) is 15.2 Å². The number of hydrazone groups is 1. The fourth-order valence-corrected chi connectivity index (χ4v) is 3.66. The van der Waals surface area contributed by atoms with Crippen molar-refractivity contribution in [3.05, 3.63) is 101 Å².